The summed E-state index contributed by atoms with van der Waals surface area (Å²) in [6.45, 7) is 3.25. The second-order valence-electron chi connectivity index (χ2n) is 8.90. The highest BCUT2D eigenvalue weighted by atomic mass is 35.5. The molecule has 4 aromatic rings. The highest BCUT2D eigenvalue weighted by Gasteiger charge is 2.32. The highest BCUT2D eigenvalue weighted by molar-refractivity contribution is 7.89. The number of piperidine rings is 1. The molecule has 0 aliphatic carbocycles. The number of para-hydroxylation sites is 1. The molecule has 3 aromatic carbocycles. The van der Waals surface area contributed by atoms with E-state index in [9.17, 15) is 12.8 Å². The Bertz CT molecular complexity index is 1460. The summed E-state index contributed by atoms with van der Waals surface area (Å²) in [5, 5.41) is 1.63. The summed E-state index contributed by atoms with van der Waals surface area (Å²) in [6.07, 6.45) is 3.64. The van der Waals surface area contributed by atoms with Crippen LogP contribution in [-0.2, 0) is 16.6 Å². The van der Waals surface area contributed by atoms with Gasteiger partial charge in [-0.05, 0) is 72.7 Å². The van der Waals surface area contributed by atoms with Crippen molar-refractivity contribution in [3.8, 4) is 0 Å². The number of nitrogens with zero attached hydrogens (tertiary/aromatic N) is 2. The van der Waals surface area contributed by atoms with Gasteiger partial charge in [-0.1, -0.05) is 48.0 Å². The van der Waals surface area contributed by atoms with Crippen LogP contribution in [0.1, 0.15) is 35.4 Å². The van der Waals surface area contributed by atoms with Crippen LogP contribution in [0.2, 0.25) is 5.02 Å². The highest BCUT2D eigenvalue weighted by Crippen LogP contribution is 2.37. The molecule has 7 heteroatoms. The number of hydrogen-bond acceptors (Lipinski definition) is 2. The van der Waals surface area contributed by atoms with Gasteiger partial charge in [-0.15, -0.1) is 0 Å². The summed E-state index contributed by atoms with van der Waals surface area (Å²) in [4.78, 5) is 0.283. The van der Waals surface area contributed by atoms with E-state index in [1.807, 2.05) is 18.2 Å². The predicted molar refractivity (Wildman–Crippen MR) is 134 cm³/mol. The van der Waals surface area contributed by atoms with E-state index < -0.39 is 10.0 Å². The SMILES string of the molecule is Cc1c(Cl)cccc1S(=O)(=O)N1CCC(c2cn(Cc3cccc(F)c3)c3ccccc23)CC1. The normalized spacial score (nSPS) is 15.7. The Labute approximate surface area is 204 Å². The maximum absolute atomic E-state index is 13.7. The van der Waals surface area contributed by atoms with E-state index in [1.165, 1.54) is 17.0 Å². The van der Waals surface area contributed by atoms with E-state index in [0.717, 1.165) is 23.9 Å². The average molecular weight is 497 g/mol. The first kappa shape index (κ1) is 23.1. The molecule has 0 spiro atoms. The van der Waals surface area contributed by atoms with Crippen molar-refractivity contribution in [1.29, 1.82) is 0 Å². The number of aromatic nitrogens is 1. The third kappa shape index (κ3) is 4.26. The van der Waals surface area contributed by atoms with Gasteiger partial charge < -0.3 is 4.57 Å². The van der Waals surface area contributed by atoms with Crippen molar-refractivity contribution < 1.29 is 12.8 Å². The molecule has 0 bridgehead atoms. The molecule has 1 aliphatic rings. The van der Waals surface area contributed by atoms with Crippen LogP contribution in [0.5, 0.6) is 0 Å². The second-order valence-corrected chi connectivity index (χ2v) is 11.2. The van der Waals surface area contributed by atoms with Gasteiger partial charge in [-0.2, -0.15) is 4.31 Å². The Balaban J connectivity index is 1.39. The monoisotopic (exact) mass is 496 g/mol. The second kappa shape index (κ2) is 9.17. The van der Waals surface area contributed by atoms with Gasteiger partial charge in [0, 0.05) is 41.8 Å². The molecule has 1 aliphatic heterocycles. The summed E-state index contributed by atoms with van der Waals surface area (Å²) >= 11 is 6.18. The summed E-state index contributed by atoms with van der Waals surface area (Å²) in [5.74, 6) is 0.0169. The molecule has 0 radical (unpaired) electrons. The quantitative estimate of drug-likeness (QED) is 0.322. The lowest BCUT2D eigenvalue weighted by molar-refractivity contribution is 0.320. The molecule has 1 aromatic heterocycles. The largest absolute Gasteiger partial charge is 0.343 e. The van der Waals surface area contributed by atoms with Crippen LogP contribution in [0.15, 0.2) is 77.8 Å². The molecule has 1 saturated heterocycles. The van der Waals surface area contributed by atoms with Crippen LogP contribution < -0.4 is 0 Å². The van der Waals surface area contributed by atoms with Crippen molar-refractivity contribution in [2.24, 2.45) is 0 Å². The molecule has 0 atom stereocenters. The van der Waals surface area contributed by atoms with E-state index in [4.69, 9.17) is 11.6 Å². The number of hydrogen-bond donors (Lipinski definition) is 0. The first-order valence-corrected chi connectivity index (χ1v) is 13.2. The van der Waals surface area contributed by atoms with Crippen LogP contribution in [0.3, 0.4) is 0 Å². The Hall–Kier alpha value is -2.67. The average Bonchev–Trinajstić information content (AvgIpc) is 3.19. The van der Waals surface area contributed by atoms with Crippen molar-refractivity contribution in [3.05, 3.63) is 100 Å². The number of benzene rings is 3. The molecule has 0 saturated carbocycles. The van der Waals surface area contributed by atoms with Crippen molar-refractivity contribution in [2.75, 3.05) is 13.1 Å². The van der Waals surface area contributed by atoms with E-state index in [1.54, 1.807) is 41.6 Å². The Morgan fingerprint density at radius 2 is 1.74 bits per heavy atom. The van der Waals surface area contributed by atoms with Gasteiger partial charge in [0.25, 0.3) is 0 Å². The van der Waals surface area contributed by atoms with Crippen LogP contribution in [0.25, 0.3) is 10.9 Å². The number of rotatable bonds is 5. The Morgan fingerprint density at radius 3 is 2.50 bits per heavy atom. The van der Waals surface area contributed by atoms with E-state index in [0.29, 0.717) is 30.2 Å². The molecule has 0 amide bonds. The zero-order valence-corrected chi connectivity index (χ0v) is 20.5. The van der Waals surface area contributed by atoms with Crippen LogP contribution in [-0.4, -0.2) is 30.4 Å². The van der Waals surface area contributed by atoms with Gasteiger partial charge in [-0.25, -0.2) is 12.8 Å². The lowest BCUT2D eigenvalue weighted by atomic mass is 9.90. The summed E-state index contributed by atoms with van der Waals surface area (Å²) in [6, 6.07) is 19.9. The van der Waals surface area contributed by atoms with Gasteiger partial charge >= 0.3 is 0 Å². The smallest absolute Gasteiger partial charge is 0.243 e. The molecule has 34 heavy (non-hydrogen) atoms. The van der Waals surface area contributed by atoms with E-state index >= 15 is 0 Å². The molecular formula is C27H26ClFN2O2S. The lowest BCUT2D eigenvalue weighted by Crippen LogP contribution is -2.38. The zero-order chi connectivity index (χ0) is 23.9. The molecule has 176 valence electrons. The fraction of sp³-hybridized carbons (Fsp3) is 0.259. The van der Waals surface area contributed by atoms with Gasteiger partial charge in [0.15, 0.2) is 0 Å². The van der Waals surface area contributed by atoms with Gasteiger partial charge in [0.1, 0.15) is 5.82 Å². The fourth-order valence-corrected chi connectivity index (χ4v) is 6.92. The third-order valence-electron chi connectivity index (χ3n) is 6.79. The molecular weight excluding hydrogens is 471 g/mol. The summed E-state index contributed by atoms with van der Waals surface area (Å²) in [5.41, 5.74) is 3.83. The lowest BCUT2D eigenvalue weighted by Gasteiger charge is -2.31. The number of sulfonamides is 1. The molecule has 0 N–H and O–H groups in total. The van der Waals surface area contributed by atoms with Crippen LogP contribution in [0.4, 0.5) is 4.39 Å². The third-order valence-corrected chi connectivity index (χ3v) is 9.24. The Morgan fingerprint density at radius 1 is 1.00 bits per heavy atom. The standard InChI is InChI=1S/C27H26ClFN2O2S/c1-19-25(28)9-5-11-27(19)34(32,33)31-14-12-21(13-15-31)24-18-30(26-10-3-2-8-23(24)26)17-20-6-4-7-22(29)16-20/h2-11,16,18,21H,12-15,17H2,1H3. The molecule has 1 fully saturated rings. The van der Waals surface area contributed by atoms with E-state index in [-0.39, 0.29) is 16.6 Å². The first-order valence-electron chi connectivity index (χ1n) is 11.4. The minimum atomic E-state index is -3.59. The summed E-state index contributed by atoms with van der Waals surface area (Å²) in [7, 11) is -3.59. The van der Waals surface area contributed by atoms with Crippen LogP contribution >= 0.6 is 11.6 Å². The van der Waals surface area contributed by atoms with E-state index in [2.05, 4.69) is 22.9 Å². The molecule has 4 nitrogen and oxygen atoms in total. The van der Waals surface area contributed by atoms with Crippen molar-refractivity contribution in [1.82, 2.24) is 8.87 Å². The zero-order valence-electron chi connectivity index (χ0n) is 18.9. The Kier molecular flexibility index (Phi) is 6.23. The molecule has 2 heterocycles. The predicted octanol–water partition coefficient (Wildman–Crippen LogP) is 6.36. The van der Waals surface area contributed by atoms with Crippen molar-refractivity contribution in [3.63, 3.8) is 0 Å². The summed E-state index contributed by atoms with van der Waals surface area (Å²) < 4.78 is 44.0. The fourth-order valence-electron chi connectivity index (χ4n) is 4.98. The number of fused-ring (bicyclic) bond motifs is 1. The van der Waals surface area contributed by atoms with Gasteiger partial charge in [0.2, 0.25) is 10.0 Å². The van der Waals surface area contributed by atoms with Crippen LogP contribution in [0, 0.1) is 12.7 Å². The van der Waals surface area contributed by atoms with Gasteiger partial charge in [-0.3, -0.25) is 0 Å². The minimum absolute atomic E-state index is 0.238. The van der Waals surface area contributed by atoms with Crippen molar-refractivity contribution >= 4 is 32.5 Å². The molecule has 5 rings (SSSR count). The molecule has 0 unspecified atom stereocenters. The minimum Gasteiger partial charge on any atom is -0.343 e. The topological polar surface area (TPSA) is 42.3 Å². The first-order chi connectivity index (χ1) is 16.3. The maximum atomic E-state index is 13.7. The number of halogens is 2. The van der Waals surface area contributed by atoms with Gasteiger partial charge in [0.05, 0.1) is 4.90 Å². The van der Waals surface area contributed by atoms with Crippen molar-refractivity contribution in [2.45, 2.75) is 37.1 Å². The maximum Gasteiger partial charge on any atom is 0.243 e.